The molecule has 0 aliphatic heterocycles. The Morgan fingerprint density at radius 2 is 1.13 bits per heavy atom. The summed E-state index contributed by atoms with van der Waals surface area (Å²) in [5, 5.41) is 5.50. The second kappa shape index (κ2) is 7.97. The number of aryl methyl sites for hydroxylation is 1. The summed E-state index contributed by atoms with van der Waals surface area (Å²) < 4.78 is 1.23. The van der Waals surface area contributed by atoms with E-state index < -0.39 is 0 Å². The van der Waals surface area contributed by atoms with Gasteiger partial charge in [-0.25, -0.2) is 0 Å². The van der Waals surface area contributed by atoms with Crippen LogP contribution in [0.4, 0.5) is 0 Å². The first-order valence-corrected chi connectivity index (χ1v) is 9.70. The normalized spacial score (nSPS) is 11.4. The van der Waals surface area contributed by atoms with Crippen LogP contribution in [-0.4, -0.2) is 0 Å². The van der Waals surface area contributed by atoms with Gasteiger partial charge in [-0.2, -0.15) is 0 Å². The van der Waals surface area contributed by atoms with Gasteiger partial charge in [0.25, 0.3) is 0 Å². The molecule has 3 aromatic carbocycles. The van der Waals surface area contributed by atoms with Crippen molar-refractivity contribution in [1.82, 2.24) is 0 Å². The van der Waals surface area contributed by atoms with Crippen LogP contribution in [0, 0.1) is 0 Å². The molecule has 0 unspecified atom stereocenters. The number of hydrogen-bond acceptors (Lipinski definition) is 0. The molecular formula is C22H25Br. The summed E-state index contributed by atoms with van der Waals surface area (Å²) in [7, 11) is 0. The second-order valence-corrected chi connectivity index (χ2v) is 7.19. The molecule has 0 aliphatic carbocycles. The Labute approximate surface area is 148 Å². The van der Waals surface area contributed by atoms with Crippen LogP contribution in [0.5, 0.6) is 0 Å². The Bertz CT molecular complexity index is 731. The molecule has 0 atom stereocenters. The minimum absolute atomic E-state index is 1.18. The van der Waals surface area contributed by atoms with Crippen LogP contribution in [-0.2, 0) is 6.42 Å². The van der Waals surface area contributed by atoms with E-state index in [0.29, 0.717) is 0 Å². The topological polar surface area (TPSA) is 0 Å². The molecule has 0 spiro atoms. The first-order chi connectivity index (χ1) is 11.3. The molecule has 0 N–H and O–H groups in total. The third-order valence-corrected chi connectivity index (χ3v) is 5.61. The first kappa shape index (κ1) is 16.5. The molecule has 0 heterocycles. The summed E-state index contributed by atoms with van der Waals surface area (Å²) in [5.74, 6) is 0. The quantitative estimate of drug-likeness (QED) is 0.296. The van der Waals surface area contributed by atoms with Crippen molar-refractivity contribution in [2.24, 2.45) is 0 Å². The number of fused-ring (bicyclic) bond motifs is 2. The molecule has 0 bridgehead atoms. The Morgan fingerprint density at radius 1 is 0.652 bits per heavy atom. The third-order valence-electron chi connectivity index (χ3n) is 4.76. The molecule has 0 saturated carbocycles. The van der Waals surface area contributed by atoms with Crippen LogP contribution in [0.25, 0.3) is 21.5 Å². The van der Waals surface area contributed by atoms with Crippen LogP contribution in [0.1, 0.15) is 51.0 Å². The standard InChI is InChI=1S/C22H25Br/c1-2-3-4-5-6-7-12-17-18-13-8-10-15-20(18)22(23)21-16-11-9-14-19(17)21/h8-11,13-16H,2-7,12H2,1H3. The highest BCUT2D eigenvalue weighted by Crippen LogP contribution is 2.36. The molecule has 0 saturated heterocycles. The summed E-state index contributed by atoms with van der Waals surface area (Å²) in [6.45, 7) is 2.28. The summed E-state index contributed by atoms with van der Waals surface area (Å²) in [4.78, 5) is 0. The van der Waals surface area contributed by atoms with Crippen molar-refractivity contribution in [2.45, 2.75) is 51.9 Å². The van der Waals surface area contributed by atoms with Crippen LogP contribution >= 0.6 is 15.9 Å². The van der Waals surface area contributed by atoms with E-state index in [1.165, 1.54) is 76.5 Å². The van der Waals surface area contributed by atoms with Crippen molar-refractivity contribution in [1.29, 1.82) is 0 Å². The lowest BCUT2D eigenvalue weighted by Crippen LogP contribution is -1.92. The lowest BCUT2D eigenvalue weighted by Gasteiger charge is -2.14. The summed E-state index contributed by atoms with van der Waals surface area (Å²) in [5.41, 5.74) is 1.52. The molecule has 0 radical (unpaired) electrons. The van der Waals surface area contributed by atoms with Crippen LogP contribution in [0.15, 0.2) is 53.0 Å². The minimum atomic E-state index is 1.18. The van der Waals surface area contributed by atoms with E-state index in [2.05, 4.69) is 71.4 Å². The van der Waals surface area contributed by atoms with E-state index in [1.54, 1.807) is 0 Å². The van der Waals surface area contributed by atoms with Gasteiger partial charge < -0.3 is 0 Å². The molecule has 0 aromatic heterocycles. The maximum atomic E-state index is 3.83. The predicted molar refractivity (Wildman–Crippen MR) is 106 cm³/mol. The average Bonchev–Trinajstić information content (AvgIpc) is 2.60. The highest BCUT2D eigenvalue weighted by atomic mass is 79.9. The molecule has 1 heteroatoms. The fourth-order valence-corrected chi connectivity index (χ4v) is 4.21. The number of benzene rings is 3. The Balaban J connectivity index is 1.92. The molecule has 120 valence electrons. The lowest BCUT2D eigenvalue weighted by atomic mass is 9.93. The summed E-state index contributed by atoms with van der Waals surface area (Å²) >= 11 is 3.83. The molecule has 0 amide bonds. The van der Waals surface area contributed by atoms with Crippen molar-refractivity contribution in [3.05, 3.63) is 58.6 Å². The van der Waals surface area contributed by atoms with Crippen molar-refractivity contribution in [2.75, 3.05) is 0 Å². The molecular weight excluding hydrogens is 344 g/mol. The van der Waals surface area contributed by atoms with Gasteiger partial charge in [-0.3, -0.25) is 0 Å². The molecule has 0 nitrogen and oxygen atoms in total. The molecule has 0 fully saturated rings. The zero-order chi connectivity index (χ0) is 16.1. The van der Waals surface area contributed by atoms with Gasteiger partial charge in [0.1, 0.15) is 0 Å². The fourth-order valence-electron chi connectivity index (χ4n) is 3.52. The van der Waals surface area contributed by atoms with E-state index in [1.807, 2.05) is 0 Å². The number of unbranched alkanes of at least 4 members (excludes halogenated alkanes) is 5. The Kier molecular flexibility index (Phi) is 5.72. The van der Waals surface area contributed by atoms with Gasteiger partial charge in [-0.1, -0.05) is 87.6 Å². The van der Waals surface area contributed by atoms with Crippen LogP contribution in [0.3, 0.4) is 0 Å². The zero-order valence-corrected chi connectivity index (χ0v) is 15.5. The van der Waals surface area contributed by atoms with Gasteiger partial charge in [-0.15, -0.1) is 0 Å². The highest BCUT2D eigenvalue weighted by molar-refractivity contribution is 9.10. The van der Waals surface area contributed by atoms with Crippen molar-refractivity contribution in [3.63, 3.8) is 0 Å². The SMILES string of the molecule is CCCCCCCCc1c2ccccc2c(Br)c2ccccc12. The summed E-state index contributed by atoms with van der Waals surface area (Å²) in [6, 6.07) is 17.6. The van der Waals surface area contributed by atoms with E-state index in [4.69, 9.17) is 0 Å². The van der Waals surface area contributed by atoms with Crippen molar-refractivity contribution >= 4 is 37.5 Å². The van der Waals surface area contributed by atoms with E-state index in [9.17, 15) is 0 Å². The maximum Gasteiger partial charge on any atom is 0.0332 e. The number of hydrogen-bond donors (Lipinski definition) is 0. The van der Waals surface area contributed by atoms with Crippen molar-refractivity contribution < 1.29 is 0 Å². The number of rotatable bonds is 7. The zero-order valence-electron chi connectivity index (χ0n) is 13.9. The van der Waals surface area contributed by atoms with E-state index in [0.717, 1.165) is 0 Å². The molecule has 0 aliphatic rings. The Morgan fingerprint density at radius 3 is 1.70 bits per heavy atom. The molecule has 3 aromatic rings. The minimum Gasteiger partial charge on any atom is -0.0654 e. The lowest BCUT2D eigenvalue weighted by molar-refractivity contribution is 0.609. The number of halogens is 1. The average molecular weight is 369 g/mol. The highest BCUT2D eigenvalue weighted by Gasteiger charge is 2.11. The molecule has 3 rings (SSSR count). The van der Waals surface area contributed by atoms with Gasteiger partial charge in [-0.05, 0) is 55.9 Å². The maximum absolute atomic E-state index is 3.83. The molecule has 23 heavy (non-hydrogen) atoms. The smallest absolute Gasteiger partial charge is 0.0332 e. The van der Waals surface area contributed by atoms with E-state index in [-0.39, 0.29) is 0 Å². The van der Waals surface area contributed by atoms with E-state index >= 15 is 0 Å². The van der Waals surface area contributed by atoms with Gasteiger partial charge in [0.15, 0.2) is 0 Å². The monoisotopic (exact) mass is 368 g/mol. The third kappa shape index (κ3) is 3.61. The second-order valence-electron chi connectivity index (χ2n) is 6.40. The predicted octanol–water partition coefficient (Wildman–Crippen LogP) is 7.66. The van der Waals surface area contributed by atoms with Gasteiger partial charge in [0, 0.05) is 4.47 Å². The van der Waals surface area contributed by atoms with Gasteiger partial charge in [0.05, 0.1) is 0 Å². The first-order valence-electron chi connectivity index (χ1n) is 8.90. The van der Waals surface area contributed by atoms with Crippen LogP contribution < -0.4 is 0 Å². The largest absolute Gasteiger partial charge is 0.0654 e. The van der Waals surface area contributed by atoms with Crippen LogP contribution in [0.2, 0.25) is 0 Å². The van der Waals surface area contributed by atoms with Gasteiger partial charge >= 0.3 is 0 Å². The van der Waals surface area contributed by atoms with Gasteiger partial charge in [0.2, 0.25) is 0 Å². The fraction of sp³-hybridized carbons (Fsp3) is 0.364. The Hall–Kier alpha value is -1.34. The van der Waals surface area contributed by atoms with Crippen molar-refractivity contribution in [3.8, 4) is 0 Å². The summed E-state index contributed by atoms with van der Waals surface area (Å²) in [6.07, 6.45) is 9.28.